The van der Waals surface area contributed by atoms with Crippen molar-refractivity contribution in [2.24, 2.45) is 0 Å². The van der Waals surface area contributed by atoms with Crippen LogP contribution < -0.4 is 5.73 Å². The quantitative estimate of drug-likeness (QED) is 0.556. The van der Waals surface area contributed by atoms with Gasteiger partial charge in [0.2, 0.25) is 0 Å². The van der Waals surface area contributed by atoms with Crippen LogP contribution in [0.5, 0.6) is 0 Å². The Bertz CT molecular complexity index is 276. The van der Waals surface area contributed by atoms with E-state index >= 15 is 0 Å². The summed E-state index contributed by atoms with van der Waals surface area (Å²) in [6.07, 6.45) is 5.43. The van der Waals surface area contributed by atoms with E-state index in [1.807, 2.05) is 12.1 Å². The molecule has 0 aromatic heterocycles. The van der Waals surface area contributed by atoms with Gasteiger partial charge in [-0.1, -0.05) is 25.0 Å². The first kappa shape index (κ1) is 12.1. The largest absolute Gasteiger partial charge is 0.398 e. The molecule has 1 rings (SSSR count). The van der Waals surface area contributed by atoms with Crippen LogP contribution in [0.4, 0.5) is 5.69 Å². The van der Waals surface area contributed by atoms with Gasteiger partial charge in [-0.15, -0.1) is 0 Å². The van der Waals surface area contributed by atoms with Crippen molar-refractivity contribution in [1.29, 1.82) is 0 Å². The van der Waals surface area contributed by atoms with E-state index in [1.165, 1.54) is 17.5 Å². The van der Waals surface area contributed by atoms with Crippen molar-refractivity contribution in [1.82, 2.24) is 0 Å². The number of aliphatic hydroxyl groups is 1. The van der Waals surface area contributed by atoms with Gasteiger partial charge in [0.15, 0.2) is 0 Å². The van der Waals surface area contributed by atoms with Crippen LogP contribution in [0.1, 0.15) is 36.8 Å². The van der Waals surface area contributed by atoms with Crippen molar-refractivity contribution in [2.75, 3.05) is 12.3 Å². The molecule has 0 fully saturated rings. The van der Waals surface area contributed by atoms with Crippen molar-refractivity contribution in [3.63, 3.8) is 0 Å². The molecule has 0 atom stereocenters. The highest BCUT2D eigenvalue weighted by molar-refractivity contribution is 5.50. The minimum Gasteiger partial charge on any atom is -0.398 e. The van der Waals surface area contributed by atoms with E-state index in [0.717, 1.165) is 31.4 Å². The van der Waals surface area contributed by atoms with Crippen molar-refractivity contribution >= 4 is 5.69 Å². The number of benzene rings is 1. The number of aryl methyl sites for hydroxylation is 1. The highest BCUT2D eigenvalue weighted by Gasteiger charge is 2.01. The minimum absolute atomic E-state index is 0.312. The van der Waals surface area contributed by atoms with E-state index in [9.17, 15) is 0 Å². The smallest absolute Gasteiger partial charge is 0.0431 e. The average Bonchev–Trinajstić information content (AvgIpc) is 2.21. The van der Waals surface area contributed by atoms with E-state index in [4.69, 9.17) is 10.8 Å². The van der Waals surface area contributed by atoms with Gasteiger partial charge in [-0.25, -0.2) is 0 Å². The maximum Gasteiger partial charge on any atom is 0.0431 e. The molecule has 0 unspecified atom stereocenters. The Morgan fingerprint density at radius 2 is 1.87 bits per heavy atom. The van der Waals surface area contributed by atoms with Crippen LogP contribution in [-0.2, 0) is 6.42 Å². The molecule has 84 valence electrons. The summed E-state index contributed by atoms with van der Waals surface area (Å²) >= 11 is 0. The SMILES string of the molecule is Cc1cccc(N)c1CCCCCCO. The summed E-state index contributed by atoms with van der Waals surface area (Å²) in [4.78, 5) is 0. The molecular weight excluding hydrogens is 186 g/mol. The molecular formula is C13H21NO. The zero-order chi connectivity index (χ0) is 11.1. The van der Waals surface area contributed by atoms with Crippen molar-refractivity contribution < 1.29 is 5.11 Å². The van der Waals surface area contributed by atoms with Crippen molar-refractivity contribution in [3.8, 4) is 0 Å². The highest BCUT2D eigenvalue weighted by atomic mass is 16.2. The maximum atomic E-state index is 8.65. The molecule has 15 heavy (non-hydrogen) atoms. The Morgan fingerprint density at radius 1 is 1.13 bits per heavy atom. The zero-order valence-electron chi connectivity index (χ0n) is 9.50. The summed E-state index contributed by atoms with van der Waals surface area (Å²) in [7, 11) is 0. The number of nitrogen functional groups attached to an aromatic ring is 1. The first-order valence-electron chi connectivity index (χ1n) is 5.70. The Morgan fingerprint density at radius 3 is 2.53 bits per heavy atom. The number of rotatable bonds is 6. The second-order valence-corrected chi connectivity index (χ2v) is 4.03. The third kappa shape index (κ3) is 3.92. The second-order valence-electron chi connectivity index (χ2n) is 4.03. The molecule has 3 N–H and O–H groups in total. The fraction of sp³-hybridized carbons (Fsp3) is 0.538. The molecule has 1 aromatic rings. The number of hydrogen-bond acceptors (Lipinski definition) is 2. The highest BCUT2D eigenvalue weighted by Crippen LogP contribution is 2.19. The van der Waals surface area contributed by atoms with Crippen LogP contribution in [0.15, 0.2) is 18.2 Å². The van der Waals surface area contributed by atoms with Gasteiger partial charge in [-0.05, 0) is 43.4 Å². The maximum absolute atomic E-state index is 8.65. The van der Waals surface area contributed by atoms with Gasteiger partial charge in [-0.2, -0.15) is 0 Å². The van der Waals surface area contributed by atoms with Crippen molar-refractivity contribution in [3.05, 3.63) is 29.3 Å². The summed E-state index contributed by atoms with van der Waals surface area (Å²) < 4.78 is 0. The molecule has 0 aliphatic carbocycles. The molecule has 0 amide bonds. The monoisotopic (exact) mass is 207 g/mol. The topological polar surface area (TPSA) is 46.2 Å². The molecule has 0 bridgehead atoms. The number of hydrogen-bond donors (Lipinski definition) is 2. The summed E-state index contributed by atoms with van der Waals surface area (Å²) in [6.45, 7) is 2.42. The number of unbranched alkanes of at least 4 members (excludes halogenated alkanes) is 3. The number of aliphatic hydroxyl groups excluding tert-OH is 1. The molecule has 0 heterocycles. The average molecular weight is 207 g/mol. The molecule has 0 aliphatic rings. The van der Waals surface area contributed by atoms with Crippen LogP contribution in [0, 0.1) is 6.92 Å². The van der Waals surface area contributed by atoms with Crippen LogP contribution in [0.2, 0.25) is 0 Å². The summed E-state index contributed by atoms with van der Waals surface area (Å²) in [6, 6.07) is 6.08. The van der Waals surface area contributed by atoms with Crippen LogP contribution in [0.25, 0.3) is 0 Å². The fourth-order valence-corrected chi connectivity index (χ4v) is 1.83. The fourth-order valence-electron chi connectivity index (χ4n) is 1.83. The molecule has 2 nitrogen and oxygen atoms in total. The van der Waals surface area contributed by atoms with E-state index in [-0.39, 0.29) is 0 Å². The summed E-state index contributed by atoms with van der Waals surface area (Å²) in [5, 5.41) is 8.65. The first-order valence-corrected chi connectivity index (χ1v) is 5.70. The van der Waals surface area contributed by atoms with Crippen molar-refractivity contribution in [2.45, 2.75) is 39.0 Å². The van der Waals surface area contributed by atoms with Gasteiger partial charge < -0.3 is 10.8 Å². The van der Waals surface area contributed by atoms with E-state index < -0.39 is 0 Å². The molecule has 1 aromatic carbocycles. The lowest BCUT2D eigenvalue weighted by Gasteiger charge is -2.08. The lowest BCUT2D eigenvalue weighted by Crippen LogP contribution is -1.97. The van der Waals surface area contributed by atoms with Crippen LogP contribution in [0.3, 0.4) is 0 Å². The van der Waals surface area contributed by atoms with Gasteiger partial charge in [0.05, 0.1) is 0 Å². The lowest BCUT2D eigenvalue weighted by atomic mass is 10.00. The van der Waals surface area contributed by atoms with Gasteiger partial charge in [-0.3, -0.25) is 0 Å². The normalized spacial score (nSPS) is 10.5. The van der Waals surface area contributed by atoms with Gasteiger partial charge in [0.25, 0.3) is 0 Å². The Hall–Kier alpha value is -1.02. The Balaban J connectivity index is 2.37. The van der Waals surface area contributed by atoms with Crippen LogP contribution in [-0.4, -0.2) is 11.7 Å². The second kappa shape index (κ2) is 6.46. The molecule has 2 heteroatoms. The third-order valence-corrected chi connectivity index (χ3v) is 2.78. The van der Waals surface area contributed by atoms with Crippen LogP contribution >= 0.6 is 0 Å². The van der Waals surface area contributed by atoms with E-state index in [2.05, 4.69) is 13.0 Å². The minimum atomic E-state index is 0.312. The van der Waals surface area contributed by atoms with Gasteiger partial charge in [0.1, 0.15) is 0 Å². The standard InChI is InChI=1S/C13H21NO/c1-11-7-6-9-13(14)12(11)8-4-2-3-5-10-15/h6-7,9,15H,2-5,8,10,14H2,1H3. The molecule has 0 aliphatic heterocycles. The molecule has 0 saturated heterocycles. The molecule has 0 radical (unpaired) electrons. The molecule has 0 saturated carbocycles. The number of anilines is 1. The first-order chi connectivity index (χ1) is 7.25. The Kier molecular flexibility index (Phi) is 5.19. The summed E-state index contributed by atoms with van der Waals surface area (Å²) in [5.74, 6) is 0. The predicted octanol–water partition coefficient (Wildman–Crippen LogP) is 2.67. The number of nitrogens with two attached hydrogens (primary N) is 1. The van der Waals surface area contributed by atoms with Gasteiger partial charge >= 0.3 is 0 Å². The predicted molar refractivity (Wildman–Crippen MR) is 64.8 cm³/mol. The third-order valence-electron chi connectivity index (χ3n) is 2.78. The lowest BCUT2D eigenvalue weighted by molar-refractivity contribution is 0.282. The van der Waals surface area contributed by atoms with E-state index in [1.54, 1.807) is 0 Å². The summed E-state index contributed by atoms with van der Waals surface area (Å²) in [5.41, 5.74) is 9.42. The molecule has 0 spiro atoms. The Labute approximate surface area is 92.1 Å². The van der Waals surface area contributed by atoms with Gasteiger partial charge in [0, 0.05) is 12.3 Å². The van der Waals surface area contributed by atoms with E-state index in [0.29, 0.717) is 6.61 Å². The zero-order valence-corrected chi connectivity index (χ0v) is 9.50.